The number of ether oxygens (including phenoxy) is 2. The number of fused-ring (bicyclic) bond motifs is 2. The van der Waals surface area contributed by atoms with E-state index in [0.717, 1.165) is 32.5 Å². The van der Waals surface area contributed by atoms with Gasteiger partial charge in [0, 0.05) is 17.5 Å². The SMILES string of the molecule is O=C(O)[C@H](CO)NCc1ccc2c(Nc3cccc(-c4ccc5c(c4)OCO5)c3Cl)nsc2c1. The number of aromatic nitrogens is 1. The van der Waals surface area contributed by atoms with Crippen LogP contribution >= 0.6 is 23.1 Å². The maximum atomic E-state index is 11.1. The van der Waals surface area contributed by atoms with Gasteiger partial charge in [0.1, 0.15) is 6.04 Å². The van der Waals surface area contributed by atoms with Crippen LogP contribution in [0.25, 0.3) is 21.2 Å². The molecule has 0 amide bonds. The Morgan fingerprint density at radius 2 is 2.00 bits per heavy atom. The van der Waals surface area contributed by atoms with E-state index in [1.54, 1.807) is 0 Å². The van der Waals surface area contributed by atoms with E-state index in [2.05, 4.69) is 15.0 Å². The summed E-state index contributed by atoms with van der Waals surface area (Å²) in [6, 6.07) is 16.3. The van der Waals surface area contributed by atoms with Crippen LogP contribution in [0.1, 0.15) is 5.56 Å². The van der Waals surface area contributed by atoms with E-state index in [4.69, 9.17) is 31.3 Å². The molecule has 1 aromatic heterocycles. The second-order valence-corrected chi connectivity index (χ2v) is 8.86. The number of anilines is 2. The summed E-state index contributed by atoms with van der Waals surface area (Å²) >= 11 is 8.10. The van der Waals surface area contributed by atoms with Gasteiger partial charge in [-0.2, -0.15) is 4.37 Å². The van der Waals surface area contributed by atoms with Crippen molar-refractivity contribution >= 4 is 50.7 Å². The summed E-state index contributed by atoms with van der Waals surface area (Å²) in [5, 5.41) is 25.9. The highest BCUT2D eigenvalue weighted by atomic mass is 35.5. The van der Waals surface area contributed by atoms with Crippen molar-refractivity contribution in [2.45, 2.75) is 12.6 Å². The number of carbonyl (C=O) groups is 1. The highest BCUT2D eigenvalue weighted by Crippen LogP contribution is 2.41. The van der Waals surface area contributed by atoms with Crippen LogP contribution in [0.2, 0.25) is 5.02 Å². The Labute approximate surface area is 203 Å². The molecule has 3 aromatic carbocycles. The standard InChI is InChI=1S/C24H20ClN3O5S/c25-22-15(14-5-7-19-20(9-14)33-12-32-19)2-1-3-17(22)27-23-16-6-4-13(8-21(16)34-28-23)10-26-18(11-29)24(30)31/h1-9,18,26,29H,10-12H2,(H,27,28)(H,30,31)/t18-/m0/s1. The molecule has 0 saturated carbocycles. The highest BCUT2D eigenvalue weighted by Gasteiger charge is 2.18. The van der Waals surface area contributed by atoms with Crippen LogP contribution in [-0.4, -0.2) is 40.0 Å². The number of aliphatic carboxylic acids is 1. The zero-order chi connectivity index (χ0) is 23.7. The van der Waals surface area contributed by atoms with Crippen LogP contribution in [0.3, 0.4) is 0 Å². The van der Waals surface area contributed by atoms with Gasteiger partial charge in [0.25, 0.3) is 0 Å². The zero-order valence-electron chi connectivity index (χ0n) is 17.7. The summed E-state index contributed by atoms with van der Waals surface area (Å²) in [6.45, 7) is 0.0557. The number of nitrogens with one attached hydrogen (secondary N) is 2. The van der Waals surface area contributed by atoms with Crippen molar-refractivity contribution in [3.63, 3.8) is 0 Å². The third kappa shape index (κ3) is 4.38. The Kier molecular flexibility index (Phi) is 6.25. The number of aliphatic hydroxyl groups excluding tert-OH is 1. The van der Waals surface area contributed by atoms with Gasteiger partial charge in [-0.05, 0) is 53.0 Å². The maximum absolute atomic E-state index is 11.1. The number of carboxylic acids is 1. The van der Waals surface area contributed by atoms with Crippen molar-refractivity contribution in [1.29, 1.82) is 0 Å². The van der Waals surface area contributed by atoms with E-state index in [9.17, 15) is 4.79 Å². The molecule has 1 aliphatic heterocycles. The first kappa shape index (κ1) is 22.4. The number of benzene rings is 3. The first-order chi connectivity index (χ1) is 16.5. The average molecular weight is 498 g/mol. The minimum atomic E-state index is -1.09. The van der Waals surface area contributed by atoms with Crippen molar-refractivity contribution in [3.8, 4) is 22.6 Å². The van der Waals surface area contributed by atoms with E-state index in [1.165, 1.54) is 11.5 Å². The fourth-order valence-electron chi connectivity index (χ4n) is 3.70. The maximum Gasteiger partial charge on any atom is 0.323 e. The fraction of sp³-hybridized carbons (Fsp3) is 0.167. The number of aliphatic hydroxyl groups is 1. The zero-order valence-corrected chi connectivity index (χ0v) is 19.3. The Bertz CT molecular complexity index is 1380. The van der Waals surface area contributed by atoms with Crippen molar-refractivity contribution in [2.75, 3.05) is 18.7 Å². The predicted octanol–water partition coefficient (Wildman–Crippen LogP) is 4.62. The van der Waals surface area contributed by atoms with E-state index >= 15 is 0 Å². The molecule has 4 N–H and O–H groups in total. The number of rotatable bonds is 8. The number of nitrogens with zero attached hydrogens (tertiary/aromatic N) is 1. The Balaban J connectivity index is 1.37. The van der Waals surface area contributed by atoms with Gasteiger partial charge in [0.15, 0.2) is 17.3 Å². The molecule has 10 heteroatoms. The molecule has 8 nitrogen and oxygen atoms in total. The molecule has 5 rings (SSSR count). The summed E-state index contributed by atoms with van der Waals surface area (Å²) in [5.74, 6) is 1.000. The second-order valence-electron chi connectivity index (χ2n) is 7.68. The number of carboxylic acid groups (broad SMARTS) is 1. The van der Waals surface area contributed by atoms with Crippen LogP contribution in [0.5, 0.6) is 11.5 Å². The van der Waals surface area contributed by atoms with Crippen LogP contribution in [-0.2, 0) is 11.3 Å². The quantitative estimate of drug-likeness (QED) is 0.279. The van der Waals surface area contributed by atoms with E-state index in [1.807, 2.05) is 54.6 Å². The minimum Gasteiger partial charge on any atom is -0.480 e. The Morgan fingerprint density at radius 3 is 2.82 bits per heavy atom. The molecule has 0 radical (unpaired) electrons. The average Bonchev–Trinajstić information content (AvgIpc) is 3.47. The molecule has 1 atom stereocenters. The molecule has 2 heterocycles. The van der Waals surface area contributed by atoms with Gasteiger partial charge in [-0.15, -0.1) is 0 Å². The summed E-state index contributed by atoms with van der Waals surface area (Å²) in [7, 11) is 0. The van der Waals surface area contributed by atoms with Gasteiger partial charge in [-0.25, -0.2) is 0 Å². The van der Waals surface area contributed by atoms with Gasteiger partial charge >= 0.3 is 5.97 Å². The lowest BCUT2D eigenvalue weighted by Crippen LogP contribution is -2.39. The lowest BCUT2D eigenvalue weighted by atomic mass is 10.0. The van der Waals surface area contributed by atoms with Crippen molar-refractivity contribution in [1.82, 2.24) is 9.69 Å². The van der Waals surface area contributed by atoms with Gasteiger partial charge in [0.05, 0.1) is 22.0 Å². The molecule has 0 spiro atoms. The van der Waals surface area contributed by atoms with E-state index in [0.29, 0.717) is 28.9 Å². The monoisotopic (exact) mass is 497 g/mol. The van der Waals surface area contributed by atoms with Gasteiger partial charge in [-0.3, -0.25) is 10.1 Å². The topological polar surface area (TPSA) is 113 Å². The molecule has 0 aliphatic carbocycles. The largest absolute Gasteiger partial charge is 0.480 e. The molecular formula is C24H20ClN3O5S. The van der Waals surface area contributed by atoms with Crippen LogP contribution < -0.4 is 20.1 Å². The second kappa shape index (κ2) is 9.47. The first-order valence-electron chi connectivity index (χ1n) is 10.4. The first-order valence-corrected chi connectivity index (χ1v) is 11.6. The third-order valence-electron chi connectivity index (χ3n) is 5.51. The molecule has 0 fully saturated rings. The molecule has 34 heavy (non-hydrogen) atoms. The van der Waals surface area contributed by atoms with Gasteiger partial charge < -0.3 is 25.0 Å². The minimum absolute atomic E-state index is 0.213. The lowest BCUT2D eigenvalue weighted by Gasteiger charge is -2.12. The van der Waals surface area contributed by atoms with Crippen LogP contribution in [0.4, 0.5) is 11.5 Å². The number of halogens is 1. The highest BCUT2D eigenvalue weighted by molar-refractivity contribution is 7.13. The van der Waals surface area contributed by atoms with Crippen LogP contribution in [0.15, 0.2) is 54.6 Å². The third-order valence-corrected chi connectivity index (χ3v) is 6.72. The lowest BCUT2D eigenvalue weighted by molar-refractivity contribution is -0.140. The van der Waals surface area contributed by atoms with E-state index < -0.39 is 18.6 Å². The molecule has 174 valence electrons. The summed E-state index contributed by atoms with van der Waals surface area (Å²) < 4.78 is 16.4. The molecule has 4 aromatic rings. The number of hydrogen-bond donors (Lipinski definition) is 4. The summed E-state index contributed by atoms with van der Waals surface area (Å²) in [4.78, 5) is 11.1. The van der Waals surface area contributed by atoms with Crippen LogP contribution in [0, 0.1) is 0 Å². The summed E-state index contributed by atoms with van der Waals surface area (Å²) in [6.07, 6.45) is 0. The van der Waals surface area contributed by atoms with Gasteiger partial charge in [0.2, 0.25) is 6.79 Å². The molecular weight excluding hydrogens is 478 g/mol. The normalized spacial score (nSPS) is 13.2. The molecule has 0 saturated heterocycles. The fourth-order valence-corrected chi connectivity index (χ4v) is 4.78. The van der Waals surface area contributed by atoms with Crippen molar-refractivity contribution < 1.29 is 24.5 Å². The molecule has 1 aliphatic rings. The molecule has 0 unspecified atom stereocenters. The number of hydrogen-bond acceptors (Lipinski definition) is 8. The van der Waals surface area contributed by atoms with Crippen molar-refractivity contribution in [2.24, 2.45) is 0 Å². The van der Waals surface area contributed by atoms with Gasteiger partial charge in [-0.1, -0.05) is 35.9 Å². The van der Waals surface area contributed by atoms with E-state index in [-0.39, 0.29) is 6.79 Å². The Morgan fingerprint density at radius 1 is 1.15 bits per heavy atom. The Hall–Kier alpha value is -3.37. The molecule has 0 bridgehead atoms. The predicted molar refractivity (Wildman–Crippen MR) is 131 cm³/mol. The smallest absolute Gasteiger partial charge is 0.323 e. The van der Waals surface area contributed by atoms with Crippen molar-refractivity contribution in [3.05, 3.63) is 65.2 Å². The summed E-state index contributed by atoms with van der Waals surface area (Å²) in [5.41, 5.74) is 3.39.